The number of nitro benzene ring substituents is 1. The summed E-state index contributed by atoms with van der Waals surface area (Å²) in [5.41, 5.74) is -1.37. The van der Waals surface area contributed by atoms with E-state index in [1.807, 2.05) is 0 Å². The van der Waals surface area contributed by atoms with Gasteiger partial charge in [-0.1, -0.05) is 6.07 Å². The molecule has 0 saturated carbocycles. The predicted molar refractivity (Wildman–Crippen MR) is 69.0 cm³/mol. The molecule has 0 aromatic heterocycles. The number of esters is 1. The van der Waals surface area contributed by atoms with E-state index in [-0.39, 0.29) is 11.1 Å². The molecule has 1 aromatic rings. The fourth-order valence-electron chi connectivity index (χ4n) is 1.48. The minimum absolute atomic E-state index is 0.147. The van der Waals surface area contributed by atoms with Crippen molar-refractivity contribution in [2.75, 3.05) is 0 Å². The van der Waals surface area contributed by atoms with Crippen molar-refractivity contribution in [2.24, 2.45) is 0 Å². The third-order valence-corrected chi connectivity index (χ3v) is 2.19. The summed E-state index contributed by atoms with van der Waals surface area (Å²) in [7, 11) is 0. The average molecular weight is 282 g/mol. The lowest BCUT2D eigenvalue weighted by Crippen LogP contribution is -2.24. The number of hydrogen-bond acceptors (Lipinski definition) is 6. The first kappa shape index (κ1) is 15.5. The van der Waals surface area contributed by atoms with Gasteiger partial charge in [-0.05, 0) is 26.8 Å². The predicted octanol–water partition coefficient (Wildman–Crippen LogP) is 2.33. The molecule has 1 aromatic carbocycles. The van der Waals surface area contributed by atoms with Crippen molar-refractivity contribution in [2.45, 2.75) is 32.9 Å². The van der Waals surface area contributed by atoms with Gasteiger partial charge in [0, 0.05) is 16.6 Å². The number of ether oxygens (including phenoxy) is 1. The Morgan fingerprint density at radius 2 is 1.85 bits per heavy atom. The Morgan fingerprint density at radius 3 is 2.30 bits per heavy atom. The quantitative estimate of drug-likeness (QED) is 0.475. The molecule has 0 aliphatic heterocycles. The van der Waals surface area contributed by atoms with E-state index in [4.69, 9.17) is 4.74 Å². The minimum Gasteiger partial charge on any atom is -0.456 e. The zero-order valence-electron chi connectivity index (χ0n) is 11.3. The maximum absolute atomic E-state index is 11.9. The highest BCUT2D eigenvalue weighted by atomic mass is 16.6. The van der Waals surface area contributed by atoms with Gasteiger partial charge >= 0.3 is 5.97 Å². The molecule has 0 saturated heterocycles. The van der Waals surface area contributed by atoms with Crippen LogP contribution in [0, 0.1) is 20.2 Å². The molecular formula is C12H14N2O6. The third-order valence-electron chi connectivity index (χ3n) is 2.19. The van der Waals surface area contributed by atoms with Gasteiger partial charge in [0.1, 0.15) is 11.2 Å². The van der Waals surface area contributed by atoms with Gasteiger partial charge in [-0.3, -0.25) is 20.2 Å². The van der Waals surface area contributed by atoms with Crippen LogP contribution in [0.15, 0.2) is 18.2 Å². The molecule has 0 bridgehead atoms. The minimum atomic E-state index is -0.836. The van der Waals surface area contributed by atoms with Crippen LogP contribution in [0.25, 0.3) is 0 Å². The van der Waals surface area contributed by atoms with Crippen LogP contribution < -0.4 is 0 Å². The van der Waals surface area contributed by atoms with E-state index in [2.05, 4.69) is 0 Å². The maximum Gasteiger partial charge on any atom is 0.345 e. The lowest BCUT2D eigenvalue weighted by Gasteiger charge is -2.19. The van der Waals surface area contributed by atoms with E-state index in [0.717, 1.165) is 6.07 Å². The van der Waals surface area contributed by atoms with Crippen molar-refractivity contribution in [3.05, 3.63) is 49.6 Å². The smallest absolute Gasteiger partial charge is 0.345 e. The monoisotopic (exact) mass is 282 g/mol. The van der Waals surface area contributed by atoms with E-state index in [9.17, 15) is 25.0 Å². The van der Waals surface area contributed by atoms with E-state index in [1.54, 1.807) is 20.8 Å². The number of benzene rings is 1. The number of rotatable bonds is 4. The molecule has 0 radical (unpaired) electrons. The highest BCUT2D eigenvalue weighted by molar-refractivity contribution is 5.94. The number of nitrogens with zero attached hydrogens (tertiary/aromatic N) is 2. The fraction of sp³-hybridized carbons (Fsp3) is 0.417. The Morgan fingerprint density at radius 1 is 1.25 bits per heavy atom. The van der Waals surface area contributed by atoms with Crippen LogP contribution in [-0.4, -0.2) is 21.4 Å². The van der Waals surface area contributed by atoms with E-state index in [0.29, 0.717) is 0 Å². The van der Waals surface area contributed by atoms with Crippen molar-refractivity contribution >= 4 is 11.7 Å². The van der Waals surface area contributed by atoms with Gasteiger partial charge in [-0.25, -0.2) is 4.79 Å². The second-order valence-corrected chi connectivity index (χ2v) is 5.10. The Hall–Kier alpha value is -2.51. The molecule has 0 atom stereocenters. The molecule has 0 aliphatic carbocycles. The Bertz CT molecular complexity index is 562. The Kier molecular flexibility index (Phi) is 4.38. The van der Waals surface area contributed by atoms with E-state index in [1.165, 1.54) is 12.1 Å². The zero-order valence-corrected chi connectivity index (χ0v) is 11.3. The molecule has 0 aliphatic rings. The van der Waals surface area contributed by atoms with Crippen LogP contribution in [0.4, 0.5) is 5.69 Å². The third kappa shape index (κ3) is 4.30. The van der Waals surface area contributed by atoms with Crippen LogP contribution in [0.1, 0.15) is 36.7 Å². The normalized spacial score (nSPS) is 10.9. The summed E-state index contributed by atoms with van der Waals surface area (Å²) < 4.78 is 5.06. The standard InChI is InChI=1S/C12H14N2O6/c1-12(2,3)20-11(15)9-5-4-8(7-13(16)17)6-10(9)14(18)19/h4-6H,7H2,1-3H3. The summed E-state index contributed by atoms with van der Waals surface area (Å²) in [5, 5.41) is 21.4. The fourth-order valence-corrected chi connectivity index (χ4v) is 1.48. The molecule has 8 heteroatoms. The summed E-state index contributed by atoms with van der Waals surface area (Å²) in [5.74, 6) is -0.836. The lowest BCUT2D eigenvalue weighted by atomic mass is 10.1. The lowest BCUT2D eigenvalue weighted by molar-refractivity contribution is -0.496. The van der Waals surface area contributed by atoms with Crippen molar-refractivity contribution < 1.29 is 19.4 Å². The molecule has 0 fully saturated rings. The van der Waals surface area contributed by atoms with Gasteiger partial charge in [0.25, 0.3) is 5.69 Å². The Balaban J connectivity index is 3.17. The van der Waals surface area contributed by atoms with Crippen LogP contribution in [0.3, 0.4) is 0 Å². The average Bonchev–Trinajstić information content (AvgIpc) is 2.25. The second kappa shape index (κ2) is 5.64. The number of nitro groups is 2. The Labute approximate surface area is 114 Å². The molecule has 0 amide bonds. The number of carbonyl (C=O) groups is 1. The largest absolute Gasteiger partial charge is 0.456 e. The topological polar surface area (TPSA) is 113 Å². The molecule has 0 N–H and O–H groups in total. The first-order valence-electron chi connectivity index (χ1n) is 5.72. The molecule has 1 rings (SSSR count). The van der Waals surface area contributed by atoms with Crippen LogP contribution >= 0.6 is 0 Å². The summed E-state index contributed by atoms with van der Waals surface area (Å²) in [4.78, 5) is 31.9. The second-order valence-electron chi connectivity index (χ2n) is 5.10. The van der Waals surface area contributed by atoms with Gasteiger partial charge in [0.2, 0.25) is 6.54 Å². The molecule has 108 valence electrons. The number of carbonyl (C=O) groups excluding carboxylic acids is 1. The van der Waals surface area contributed by atoms with Crippen molar-refractivity contribution in [1.29, 1.82) is 0 Å². The molecule has 8 nitrogen and oxygen atoms in total. The maximum atomic E-state index is 11.9. The van der Waals surface area contributed by atoms with Crippen LogP contribution in [-0.2, 0) is 11.3 Å². The van der Waals surface area contributed by atoms with Gasteiger partial charge in [-0.2, -0.15) is 0 Å². The SMILES string of the molecule is CC(C)(C)OC(=O)c1ccc(C[N+](=O)[O-])cc1[N+](=O)[O-]. The summed E-state index contributed by atoms with van der Waals surface area (Å²) in [6, 6.07) is 3.49. The number of hydrogen-bond donors (Lipinski definition) is 0. The van der Waals surface area contributed by atoms with Gasteiger partial charge in [0.05, 0.1) is 4.92 Å². The van der Waals surface area contributed by atoms with Crippen molar-refractivity contribution in [1.82, 2.24) is 0 Å². The molecule has 0 unspecified atom stereocenters. The van der Waals surface area contributed by atoms with Crippen LogP contribution in [0.5, 0.6) is 0 Å². The van der Waals surface area contributed by atoms with Crippen LogP contribution in [0.2, 0.25) is 0 Å². The zero-order chi connectivity index (χ0) is 15.5. The van der Waals surface area contributed by atoms with Crippen molar-refractivity contribution in [3.8, 4) is 0 Å². The summed E-state index contributed by atoms with van der Waals surface area (Å²) in [6.07, 6.45) is 0. The van der Waals surface area contributed by atoms with E-state index < -0.39 is 33.6 Å². The van der Waals surface area contributed by atoms with Gasteiger partial charge in [-0.15, -0.1) is 0 Å². The van der Waals surface area contributed by atoms with Gasteiger partial charge < -0.3 is 4.74 Å². The van der Waals surface area contributed by atoms with Crippen molar-refractivity contribution in [3.63, 3.8) is 0 Å². The highest BCUT2D eigenvalue weighted by Crippen LogP contribution is 2.23. The molecule has 0 spiro atoms. The first-order chi connectivity index (χ1) is 9.10. The summed E-state index contributed by atoms with van der Waals surface area (Å²) in [6.45, 7) is 4.36. The van der Waals surface area contributed by atoms with Gasteiger partial charge in [0.15, 0.2) is 0 Å². The summed E-state index contributed by atoms with van der Waals surface area (Å²) >= 11 is 0. The molecular weight excluding hydrogens is 268 g/mol. The highest BCUT2D eigenvalue weighted by Gasteiger charge is 2.26. The van der Waals surface area contributed by atoms with E-state index >= 15 is 0 Å². The molecule has 0 heterocycles. The first-order valence-corrected chi connectivity index (χ1v) is 5.72. The molecule has 20 heavy (non-hydrogen) atoms.